The highest BCUT2D eigenvalue weighted by molar-refractivity contribution is 6.09. The van der Waals surface area contributed by atoms with Gasteiger partial charge in [-0.1, -0.05) is 19.1 Å². The van der Waals surface area contributed by atoms with E-state index in [1.165, 1.54) is 13.2 Å². The van der Waals surface area contributed by atoms with E-state index < -0.39 is 11.9 Å². The van der Waals surface area contributed by atoms with Crippen molar-refractivity contribution < 1.29 is 19.1 Å². The number of fused-ring (bicyclic) bond motifs is 1. The molecule has 2 heterocycles. The van der Waals surface area contributed by atoms with Gasteiger partial charge in [0.1, 0.15) is 0 Å². The van der Waals surface area contributed by atoms with Gasteiger partial charge >= 0.3 is 5.97 Å². The molecule has 0 saturated heterocycles. The van der Waals surface area contributed by atoms with Crippen LogP contribution in [0.3, 0.4) is 0 Å². The van der Waals surface area contributed by atoms with Gasteiger partial charge in [-0.05, 0) is 36.8 Å². The molecule has 2 aromatic heterocycles. The third-order valence-corrected chi connectivity index (χ3v) is 4.04. The van der Waals surface area contributed by atoms with E-state index in [0.717, 1.165) is 6.42 Å². The molecule has 144 valence electrons. The van der Waals surface area contributed by atoms with Crippen molar-refractivity contribution in [1.82, 2.24) is 14.7 Å². The van der Waals surface area contributed by atoms with E-state index >= 15 is 0 Å². The predicted octanol–water partition coefficient (Wildman–Crippen LogP) is 2.51. The van der Waals surface area contributed by atoms with Crippen LogP contribution in [0.1, 0.15) is 44.8 Å². The summed E-state index contributed by atoms with van der Waals surface area (Å²) >= 11 is 0. The fourth-order valence-corrected chi connectivity index (χ4v) is 2.71. The molecule has 8 heteroatoms. The Kier molecular flexibility index (Phi) is 5.69. The summed E-state index contributed by atoms with van der Waals surface area (Å²) in [6.07, 6.45) is 2.47. The standard InChI is InChI=1S/C20H20N4O4/c1-3-10-21-19(26)17-23-16(15-9-4-5-11-24(15)17)18(25)22-14-8-6-7-13(12-14)20(27)28-2/h4-9,11-12H,3,10H2,1-2H3,(H,21,26)(H,22,25). The fourth-order valence-electron chi connectivity index (χ4n) is 2.71. The molecule has 0 spiro atoms. The minimum atomic E-state index is -0.501. The number of methoxy groups -OCH3 is 1. The Balaban J connectivity index is 1.92. The number of benzene rings is 1. The lowest BCUT2D eigenvalue weighted by Gasteiger charge is -2.05. The number of aromatic nitrogens is 2. The molecule has 0 saturated carbocycles. The van der Waals surface area contributed by atoms with Crippen LogP contribution >= 0.6 is 0 Å². The molecule has 2 amide bonds. The molecule has 0 radical (unpaired) electrons. The van der Waals surface area contributed by atoms with Gasteiger partial charge < -0.3 is 15.4 Å². The highest BCUT2D eigenvalue weighted by Gasteiger charge is 2.21. The number of imidazole rings is 1. The van der Waals surface area contributed by atoms with E-state index in [0.29, 0.717) is 23.3 Å². The number of anilines is 1. The Labute approximate surface area is 161 Å². The van der Waals surface area contributed by atoms with Crippen molar-refractivity contribution in [2.75, 3.05) is 19.0 Å². The van der Waals surface area contributed by atoms with Crippen LogP contribution in [0.15, 0.2) is 48.7 Å². The average Bonchev–Trinajstić information content (AvgIpc) is 3.11. The van der Waals surface area contributed by atoms with Crippen molar-refractivity contribution in [2.24, 2.45) is 0 Å². The first-order valence-electron chi connectivity index (χ1n) is 8.80. The third kappa shape index (κ3) is 3.85. The van der Waals surface area contributed by atoms with Crippen LogP contribution in [0.4, 0.5) is 5.69 Å². The molecule has 3 rings (SSSR count). The monoisotopic (exact) mass is 380 g/mol. The quantitative estimate of drug-likeness (QED) is 0.640. The van der Waals surface area contributed by atoms with Crippen molar-refractivity contribution in [3.8, 4) is 0 Å². The number of hydrogen-bond acceptors (Lipinski definition) is 5. The Bertz CT molecular complexity index is 1040. The number of amides is 2. The Hall–Kier alpha value is -3.68. The van der Waals surface area contributed by atoms with Crippen molar-refractivity contribution in [1.29, 1.82) is 0 Å². The number of rotatable bonds is 6. The smallest absolute Gasteiger partial charge is 0.337 e. The van der Waals surface area contributed by atoms with Crippen LogP contribution in [0.25, 0.3) is 5.52 Å². The van der Waals surface area contributed by atoms with Crippen LogP contribution in [0.5, 0.6) is 0 Å². The largest absolute Gasteiger partial charge is 0.465 e. The Morgan fingerprint density at radius 1 is 1.11 bits per heavy atom. The van der Waals surface area contributed by atoms with Crippen molar-refractivity contribution >= 4 is 29.0 Å². The molecule has 0 bridgehead atoms. The summed E-state index contributed by atoms with van der Waals surface area (Å²) in [6.45, 7) is 2.47. The van der Waals surface area contributed by atoms with Crippen LogP contribution in [-0.2, 0) is 4.74 Å². The van der Waals surface area contributed by atoms with E-state index in [1.54, 1.807) is 47.0 Å². The van der Waals surface area contributed by atoms with Gasteiger partial charge in [-0.3, -0.25) is 14.0 Å². The molecule has 8 nitrogen and oxygen atoms in total. The maximum atomic E-state index is 12.8. The van der Waals surface area contributed by atoms with E-state index in [1.807, 2.05) is 6.92 Å². The molecule has 0 atom stereocenters. The number of carbonyl (C=O) groups excluding carboxylic acids is 3. The maximum Gasteiger partial charge on any atom is 0.337 e. The summed E-state index contributed by atoms with van der Waals surface area (Å²) in [6, 6.07) is 11.6. The van der Waals surface area contributed by atoms with Crippen molar-refractivity contribution in [3.05, 3.63) is 65.7 Å². The topological polar surface area (TPSA) is 102 Å². The first kappa shape index (κ1) is 19.1. The Morgan fingerprint density at radius 3 is 2.68 bits per heavy atom. The first-order valence-corrected chi connectivity index (χ1v) is 8.80. The van der Waals surface area contributed by atoms with Gasteiger partial charge in [-0.15, -0.1) is 0 Å². The summed E-state index contributed by atoms with van der Waals surface area (Å²) in [7, 11) is 1.29. The van der Waals surface area contributed by atoms with Crippen LogP contribution in [0, 0.1) is 0 Å². The summed E-state index contributed by atoms with van der Waals surface area (Å²) in [5.74, 6) is -1.20. The number of esters is 1. The molecule has 0 unspecified atom stereocenters. The number of carbonyl (C=O) groups is 3. The predicted molar refractivity (Wildman–Crippen MR) is 104 cm³/mol. The lowest BCUT2D eigenvalue weighted by molar-refractivity contribution is 0.0600. The lowest BCUT2D eigenvalue weighted by atomic mass is 10.2. The highest BCUT2D eigenvalue weighted by atomic mass is 16.5. The van der Waals surface area contributed by atoms with Crippen LogP contribution in [-0.4, -0.2) is 40.8 Å². The van der Waals surface area contributed by atoms with E-state index in [9.17, 15) is 14.4 Å². The second-order valence-electron chi connectivity index (χ2n) is 6.02. The molecule has 0 aliphatic heterocycles. The van der Waals surface area contributed by atoms with E-state index in [2.05, 4.69) is 20.4 Å². The zero-order valence-corrected chi connectivity index (χ0v) is 15.6. The van der Waals surface area contributed by atoms with Crippen molar-refractivity contribution in [3.63, 3.8) is 0 Å². The minimum absolute atomic E-state index is 0.116. The maximum absolute atomic E-state index is 12.8. The molecule has 3 aromatic rings. The second-order valence-corrected chi connectivity index (χ2v) is 6.02. The number of hydrogen-bond donors (Lipinski definition) is 2. The number of nitrogens with one attached hydrogen (secondary N) is 2. The van der Waals surface area contributed by atoms with Gasteiger partial charge in [0.05, 0.1) is 18.2 Å². The summed E-state index contributed by atoms with van der Waals surface area (Å²) in [5.41, 5.74) is 1.35. The molecule has 0 fully saturated rings. The lowest BCUT2D eigenvalue weighted by Crippen LogP contribution is -2.26. The number of nitrogens with zero attached hydrogens (tertiary/aromatic N) is 2. The molecule has 28 heavy (non-hydrogen) atoms. The number of ether oxygens (including phenoxy) is 1. The number of pyridine rings is 1. The first-order chi connectivity index (χ1) is 13.5. The summed E-state index contributed by atoms with van der Waals surface area (Å²) in [4.78, 5) is 41.1. The van der Waals surface area contributed by atoms with Crippen LogP contribution < -0.4 is 10.6 Å². The minimum Gasteiger partial charge on any atom is -0.465 e. The normalized spacial score (nSPS) is 10.5. The third-order valence-electron chi connectivity index (χ3n) is 4.04. The Morgan fingerprint density at radius 2 is 1.93 bits per heavy atom. The average molecular weight is 380 g/mol. The summed E-state index contributed by atoms with van der Waals surface area (Å²) < 4.78 is 6.26. The molecular weight excluding hydrogens is 360 g/mol. The molecule has 1 aromatic carbocycles. The van der Waals surface area contributed by atoms with Gasteiger partial charge in [0.15, 0.2) is 5.69 Å². The summed E-state index contributed by atoms with van der Waals surface area (Å²) in [5, 5.41) is 5.47. The zero-order valence-electron chi connectivity index (χ0n) is 15.6. The SMILES string of the molecule is CCCNC(=O)c1nc(C(=O)Nc2cccc(C(=O)OC)c2)c2ccccn12. The molecular formula is C20H20N4O4. The van der Waals surface area contributed by atoms with Gasteiger partial charge in [0, 0.05) is 18.4 Å². The van der Waals surface area contributed by atoms with E-state index in [-0.39, 0.29) is 17.4 Å². The molecule has 0 aliphatic rings. The van der Waals surface area contributed by atoms with Gasteiger partial charge in [-0.25, -0.2) is 9.78 Å². The fraction of sp³-hybridized carbons (Fsp3) is 0.200. The van der Waals surface area contributed by atoms with Gasteiger partial charge in [0.2, 0.25) is 5.82 Å². The molecule has 0 aliphatic carbocycles. The second kappa shape index (κ2) is 8.34. The van der Waals surface area contributed by atoms with Gasteiger partial charge in [-0.2, -0.15) is 0 Å². The molecule has 2 N–H and O–H groups in total. The zero-order chi connectivity index (χ0) is 20.1. The van der Waals surface area contributed by atoms with E-state index in [4.69, 9.17) is 0 Å². The van der Waals surface area contributed by atoms with Crippen molar-refractivity contribution in [2.45, 2.75) is 13.3 Å². The van der Waals surface area contributed by atoms with Crippen LogP contribution in [0.2, 0.25) is 0 Å². The highest BCUT2D eigenvalue weighted by Crippen LogP contribution is 2.17. The van der Waals surface area contributed by atoms with Gasteiger partial charge in [0.25, 0.3) is 11.8 Å².